The Bertz CT molecular complexity index is 571. The second kappa shape index (κ2) is 5.08. The topological polar surface area (TPSA) is 29.9 Å². The second-order valence-electron chi connectivity index (χ2n) is 5.33. The van der Waals surface area contributed by atoms with E-state index in [1.807, 2.05) is 0 Å². The van der Waals surface area contributed by atoms with Crippen LogP contribution in [0, 0.1) is 6.92 Å². The molecule has 0 fully saturated rings. The van der Waals surface area contributed by atoms with Crippen molar-refractivity contribution in [1.29, 1.82) is 0 Å². The largest absolute Gasteiger partial charge is 0.349 e. The third-order valence-electron chi connectivity index (χ3n) is 3.80. The van der Waals surface area contributed by atoms with Crippen LogP contribution in [0.5, 0.6) is 0 Å². The van der Waals surface area contributed by atoms with Gasteiger partial charge in [-0.3, -0.25) is 0 Å². The molecular formula is C16H21N3. The lowest BCUT2D eigenvalue weighted by Crippen LogP contribution is -2.12. The number of imidazole rings is 1. The van der Waals surface area contributed by atoms with Crippen LogP contribution in [0.4, 0.5) is 5.95 Å². The van der Waals surface area contributed by atoms with Gasteiger partial charge >= 0.3 is 0 Å². The van der Waals surface area contributed by atoms with Crippen LogP contribution in [0.1, 0.15) is 42.6 Å². The third kappa shape index (κ3) is 2.37. The zero-order chi connectivity index (χ0) is 13.2. The van der Waals surface area contributed by atoms with E-state index in [9.17, 15) is 0 Å². The Morgan fingerprint density at radius 2 is 2.21 bits per heavy atom. The second-order valence-corrected chi connectivity index (χ2v) is 5.33. The quantitative estimate of drug-likeness (QED) is 0.902. The maximum absolute atomic E-state index is 4.62. The van der Waals surface area contributed by atoms with Gasteiger partial charge < -0.3 is 9.88 Å². The van der Waals surface area contributed by atoms with Crippen molar-refractivity contribution in [3.05, 3.63) is 47.3 Å². The molecule has 1 atom stereocenters. The summed E-state index contributed by atoms with van der Waals surface area (Å²) in [6, 6.07) is 9.14. The molecule has 19 heavy (non-hydrogen) atoms. The highest BCUT2D eigenvalue weighted by Gasteiger charge is 2.22. The molecule has 0 bridgehead atoms. The molecule has 0 saturated carbocycles. The minimum atomic E-state index is 0.411. The van der Waals surface area contributed by atoms with Crippen molar-refractivity contribution in [3.63, 3.8) is 0 Å². The summed E-state index contributed by atoms with van der Waals surface area (Å²) < 4.78 is 2.23. The van der Waals surface area contributed by atoms with Crippen molar-refractivity contribution in [2.75, 3.05) is 5.32 Å². The molecule has 0 spiro atoms. The maximum atomic E-state index is 4.62. The first kappa shape index (κ1) is 12.3. The predicted octanol–water partition coefficient (Wildman–Crippen LogP) is 3.70. The van der Waals surface area contributed by atoms with Gasteiger partial charge in [-0.15, -0.1) is 0 Å². The molecule has 1 aliphatic rings. The molecule has 1 unspecified atom stereocenters. The summed E-state index contributed by atoms with van der Waals surface area (Å²) in [6.07, 6.45) is 5.59. The smallest absolute Gasteiger partial charge is 0.203 e. The van der Waals surface area contributed by atoms with E-state index >= 15 is 0 Å². The number of nitrogens with one attached hydrogen (secondary N) is 1. The summed E-state index contributed by atoms with van der Waals surface area (Å²) in [5.74, 6) is 1.01. The molecule has 0 aliphatic heterocycles. The Kier molecular flexibility index (Phi) is 3.28. The van der Waals surface area contributed by atoms with E-state index in [2.05, 4.69) is 59.2 Å². The summed E-state index contributed by atoms with van der Waals surface area (Å²) in [5.41, 5.74) is 4.00. The third-order valence-corrected chi connectivity index (χ3v) is 3.80. The van der Waals surface area contributed by atoms with Gasteiger partial charge in [0.2, 0.25) is 5.95 Å². The van der Waals surface area contributed by atoms with Gasteiger partial charge in [-0.25, -0.2) is 4.98 Å². The van der Waals surface area contributed by atoms with Crippen LogP contribution < -0.4 is 5.32 Å². The van der Waals surface area contributed by atoms with E-state index in [4.69, 9.17) is 0 Å². The fourth-order valence-corrected chi connectivity index (χ4v) is 2.94. The molecule has 3 heteroatoms. The first-order valence-corrected chi connectivity index (χ1v) is 7.16. The summed E-state index contributed by atoms with van der Waals surface area (Å²) in [7, 11) is 0. The monoisotopic (exact) mass is 255 g/mol. The fourth-order valence-electron chi connectivity index (χ4n) is 2.94. The highest BCUT2D eigenvalue weighted by molar-refractivity contribution is 5.41. The van der Waals surface area contributed by atoms with E-state index < -0.39 is 0 Å². The van der Waals surface area contributed by atoms with Gasteiger partial charge in [-0.05, 0) is 37.3 Å². The summed E-state index contributed by atoms with van der Waals surface area (Å²) in [5, 5.41) is 3.62. The number of hydrogen-bond donors (Lipinski definition) is 1. The highest BCUT2D eigenvalue weighted by atomic mass is 15.2. The Morgan fingerprint density at radius 1 is 1.37 bits per heavy atom. The maximum Gasteiger partial charge on any atom is 0.203 e. The number of aromatic nitrogens is 2. The van der Waals surface area contributed by atoms with E-state index in [1.165, 1.54) is 17.5 Å². The van der Waals surface area contributed by atoms with Crippen LogP contribution >= 0.6 is 0 Å². The predicted molar refractivity (Wildman–Crippen MR) is 78.4 cm³/mol. The number of benzene rings is 1. The molecule has 0 radical (unpaired) electrons. The summed E-state index contributed by atoms with van der Waals surface area (Å²) >= 11 is 0. The van der Waals surface area contributed by atoms with Gasteiger partial charge in [0.25, 0.3) is 0 Å². The Hall–Kier alpha value is -1.77. The van der Waals surface area contributed by atoms with Crippen molar-refractivity contribution < 1.29 is 0 Å². The van der Waals surface area contributed by atoms with Crippen LogP contribution in [0.2, 0.25) is 0 Å². The zero-order valence-electron chi connectivity index (χ0n) is 11.7. The summed E-state index contributed by atoms with van der Waals surface area (Å²) in [4.78, 5) is 4.62. The lowest BCUT2D eigenvalue weighted by atomic mass is 10.1. The lowest BCUT2D eigenvalue weighted by molar-refractivity contribution is 0.664. The van der Waals surface area contributed by atoms with Gasteiger partial charge in [0.1, 0.15) is 0 Å². The SMILES string of the molecule is CCCn1cc(C)nc1NC1CCc2ccccc21. The van der Waals surface area contributed by atoms with E-state index in [0.29, 0.717) is 6.04 Å². The normalized spacial score (nSPS) is 17.5. The zero-order valence-corrected chi connectivity index (χ0v) is 11.7. The van der Waals surface area contributed by atoms with Crippen LogP contribution in [0.25, 0.3) is 0 Å². The van der Waals surface area contributed by atoms with Gasteiger partial charge in [0.05, 0.1) is 11.7 Å². The van der Waals surface area contributed by atoms with Crippen molar-refractivity contribution in [2.24, 2.45) is 0 Å². The van der Waals surface area contributed by atoms with Gasteiger partial charge in [-0.2, -0.15) is 0 Å². The first-order chi connectivity index (χ1) is 9.28. The average Bonchev–Trinajstić information content (AvgIpc) is 2.96. The molecule has 1 aliphatic carbocycles. The minimum absolute atomic E-state index is 0.411. The van der Waals surface area contributed by atoms with Crippen LogP contribution in [-0.2, 0) is 13.0 Å². The molecular weight excluding hydrogens is 234 g/mol. The Morgan fingerprint density at radius 3 is 3.05 bits per heavy atom. The van der Waals surface area contributed by atoms with Crippen LogP contribution in [-0.4, -0.2) is 9.55 Å². The molecule has 1 aromatic heterocycles. The van der Waals surface area contributed by atoms with Crippen molar-refractivity contribution >= 4 is 5.95 Å². The molecule has 1 N–H and O–H groups in total. The molecule has 100 valence electrons. The van der Waals surface area contributed by atoms with E-state index in [1.54, 1.807) is 0 Å². The summed E-state index contributed by atoms with van der Waals surface area (Å²) in [6.45, 7) is 5.28. The van der Waals surface area contributed by atoms with Gasteiger partial charge in [-0.1, -0.05) is 31.2 Å². The van der Waals surface area contributed by atoms with E-state index in [-0.39, 0.29) is 0 Å². The number of aryl methyl sites for hydroxylation is 3. The molecule has 3 nitrogen and oxygen atoms in total. The first-order valence-electron chi connectivity index (χ1n) is 7.16. The number of hydrogen-bond acceptors (Lipinski definition) is 2. The molecule has 0 amide bonds. The molecule has 3 rings (SSSR count). The van der Waals surface area contributed by atoms with Crippen molar-refractivity contribution in [2.45, 2.75) is 45.7 Å². The van der Waals surface area contributed by atoms with Crippen molar-refractivity contribution in [3.8, 4) is 0 Å². The molecule has 0 saturated heterocycles. The molecule has 1 heterocycles. The van der Waals surface area contributed by atoms with Crippen molar-refractivity contribution in [1.82, 2.24) is 9.55 Å². The average molecular weight is 255 g/mol. The minimum Gasteiger partial charge on any atom is -0.349 e. The number of fused-ring (bicyclic) bond motifs is 1. The van der Waals surface area contributed by atoms with Crippen LogP contribution in [0.15, 0.2) is 30.5 Å². The fraction of sp³-hybridized carbons (Fsp3) is 0.438. The number of nitrogens with zero attached hydrogens (tertiary/aromatic N) is 2. The Balaban J connectivity index is 1.83. The molecule has 2 aromatic rings. The number of anilines is 1. The number of rotatable bonds is 4. The van der Waals surface area contributed by atoms with Gasteiger partial charge in [0, 0.05) is 12.7 Å². The van der Waals surface area contributed by atoms with Crippen LogP contribution in [0.3, 0.4) is 0 Å². The Labute approximate surface area is 114 Å². The van der Waals surface area contributed by atoms with Gasteiger partial charge in [0.15, 0.2) is 0 Å². The lowest BCUT2D eigenvalue weighted by Gasteiger charge is -2.16. The highest BCUT2D eigenvalue weighted by Crippen LogP contribution is 2.33. The van der Waals surface area contributed by atoms with E-state index in [0.717, 1.165) is 31.0 Å². The standard InChI is InChI=1S/C16H21N3/c1-3-10-19-11-12(2)17-16(19)18-15-9-8-13-6-4-5-7-14(13)15/h4-7,11,15H,3,8-10H2,1-2H3,(H,17,18). The molecule has 1 aromatic carbocycles.